The molecule has 10 heteroatoms. The molecule has 29 heavy (non-hydrogen) atoms. The summed E-state index contributed by atoms with van der Waals surface area (Å²) in [4.78, 5) is 16.0. The lowest BCUT2D eigenvalue weighted by molar-refractivity contribution is -0.118. The van der Waals surface area contributed by atoms with Gasteiger partial charge in [-0.3, -0.25) is 9.52 Å². The molecule has 0 saturated carbocycles. The van der Waals surface area contributed by atoms with Gasteiger partial charge >= 0.3 is 0 Å². The van der Waals surface area contributed by atoms with Crippen molar-refractivity contribution in [2.75, 3.05) is 16.6 Å². The van der Waals surface area contributed by atoms with Crippen molar-refractivity contribution >= 4 is 55.0 Å². The van der Waals surface area contributed by atoms with Crippen molar-refractivity contribution in [1.29, 1.82) is 0 Å². The second-order valence-corrected chi connectivity index (χ2v) is 8.76. The third-order valence-electron chi connectivity index (χ3n) is 3.60. The summed E-state index contributed by atoms with van der Waals surface area (Å²) in [7, 11) is -3.78. The van der Waals surface area contributed by atoms with Gasteiger partial charge in [0.05, 0.1) is 9.92 Å². The van der Waals surface area contributed by atoms with Crippen molar-refractivity contribution < 1.29 is 17.9 Å². The van der Waals surface area contributed by atoms with Gasteiger partial charge in [-0.15, -0.1) is 0 Å². The number of pyridine rings is 1. The quantitative estimate of drug-likeness (QED) is 0.508. The third kappa shape index (κ3) is 5.93. The van der Waals surface area contributed by atoms with Crippen molar-refractivity contribution in [2.45, 2.75) is 4.90 Å². The molecule has 0 aliphatic heterocycles. The monoisotopic (exact) mass is 495 g/mol. The number of nitrogens with one attached hydrogen (secondary N) is 2. The van der Waals surface area contributed by atoms with Crippen LogP contribution >= 0.6 is 27.5 Å². The van der Waals surface area contributed by atoms with Crippen LogP contribution in [0.1, 0.15) is 0 Å². The van der Waals surface area contributed by atoms with Gasteiger partial charge in [-0.25, -0.2) is 13.4 Å². The second-order valence-electron chi connectivity index (χ2n) is 5.76. The molecule has 3 aromatic rings. The zero-order chi connectivity index (χ0) is 20.9. The van der Waals surface area contributed by atoms with E-state index in [0.29, 0.717) is 16.5 Å². The Bertz CT molecular complexity index is 1110. The molecule has 2 aromatic carbocycles. The van der Waals surface area contributed by atoms with E-state index >= 15 is 0 Å². The Morgan fingerprint density at radius 2 is 1.86 bits per heavy atom. The largest absolute Gasteiger partial charge is 0.482 e. The normalized spacial score (nSPS) is 11.0. The van der Waals surface area contributed by atoms with Gasteiger partial charge in [0.1, 0.15) is 11.6 Å². The fourth-order valence-electron chi connectivity index (χ4n) is 2.27. The van der Waals surface area contributed by atoms with Gasteiger partial charge in [0.15, 0.2) is 6.61 Å². The van der Waals surface area contributed by atoms with E-state index in [2.05, 4.69) is 31.0 Å². The van der Waals surface area contributed by atoms with Crippen molar-refractivity contribution in [3.63, 3.8) is 0 Å². The fourth-order valence-corrected chi connectivity index (χ4v) is 4.01. The number of hydrogen-bond donors (Lipinski definition) is 2. The Hall–Kier alpha value is -2.62. The molecule has 1 amide bonds. The molecule has 1 aromatic heterocycles. The lowest BCUT2D eigenvalue weighted by Gasteiger charge is -2.10. The van der Waals surface area contributed by atoms with Gasteiger partial charge in [-0.2, -0.15) is 0 Å². The molecule has 0 radical (unpaired) electrons. The number of carbonyl (C=O) groups excluding carboxylic acids is 1. The number of benzene rings is 2. The summed E-state index contributed by atoms with van der Waals surface area (Å²) in [6, 6.07) is 15.7. The van der Waals surface area contributed by atoms with Crippen molar-refractivity contribution in [1.82, 2.24) is 4.98 Å². The first-order valence-electron chi connectivity index (χ1n) is 8.25. The van der Waals surface area contributed by atoms with Gasteiger partial charge in [0.25, 0.3) is 15.9 Å². The number of amides is 1. The van der Waals surface area contributed by atoms with Crippen LogP contribution in [0.5, 0.6) is 5.75 Å². The average molecular weight is 497 g/mol. The number of anilines is 2. The predicted octanol–water partition coefficient (Wildman–Crippen LogP) is 4.32. The van der Waals surface area contributed by atoms with E-state index in [1.54, 1.807) is 36.4 Å². The Morgan fingerprint density at radius 3 is 2.52 bits per heavy atom. The number of rotatable bonds is 7. The fraction of sp³-hybridized carbons (Fsp3) is 0.0526. The maximum atomic E-state index is 12.4. The smallest absolute Gasteiger partial charge is 0.263 e. The number of ether oxygens (including phenoxy) is 1. The van der Waals surface area contributed by atoms with E-state index in [1.807, 2.05) is 0 Å². The maximum absolute atomic E-state index is 12.4. The molecule has 150 valence electrons. The Labute approximate surface area is 181 Å². The summed E-state index contributed by atoms with van der Waals surface area (Å²) in [5.41, 5.74) is 0.428. The summed E-state index contributed by atoms with van der Waals surface area (Å²) in [6.07, 6.45) is 1.49. The SMILES string of the molecule is O=C(COc1ccc(Br)cc1Cl)Nc1ccc(S(=O)(=O)Nc2ccccn2)cc1. The first kappa shape index (κ1) is 21.1. The molecule has 7 nitrogen and oxygen atoms in total. The van der Waals surface area contributed by atoms with Crippen molar-refractivity contribution in [3.8, 4) is 5.75 Å². The molecule has 2 N–H and O–H groups in total. The first-order valence-corrected chi connectivity index (χ1v) is 10.9. The summed E-state index contributed by atoms with van der Waals surface area (Å²) in [6.45, 7) is -0.247. The van der Waals surface area contributed by atoms with E-state index in [9.17, 15) is 13.2 Å². The van der Waals surface area contributed by atoms with Gasteiger partial charge in [0, 0.05) is 16.4 Å². The van der Waals surface area contributed by atoms with E-state index in [4.69, 9.17) is 16.3 Å². The molecule has 0 atom stereocenters. The number of halogens is 2. The minimum Gasteiger partial charge on any atom is -0.482 e. The highest BCUT2D eigenvalue weighted by Crippen LogP contribution is 2.27. The zero-order valence-corrected chi connectivity index (χ0v) is 18.0. The molecular formula is C19H15BrClN3O4S. The molecule has 0 saturated heterocycles. The molecule has 0 aliphatic rings. The molecule has 0 aliphatic carbocycles. The van der Waals surface area contributed by atoms with Crippen molar-refractivity contribution in [2.24, 2.45) is 0 Å². The standard InChI is InChI=1S/C19H15BrClN3O4S/c20-13-4-9-17(16(21)11-13)28-12-19(25)23-14-5-7-15(8-6-14)29(26,27)24-18-3-1-2-10-22-18/h1-11H,12H2,(H,22,24)(H,23,25). The van der Waals surface area contributed by atoms with E-state index in [0.717, 1.165) is 4.47 Å². The molecule has 0 spiro atoms. The Morgan fingerprint density at radius 1 is 1.10 bits per heavy atom. The summed E-state index contributed by atoms with van der Waals surface area (Å²) < 4.78 is 33.3. The predicted molar refractivity (Wildman–Crippen MR) is 115 cm³/mol. The van der Waals surface area contributed by atoms with Crippen LogP contribution in [0.25, 0.3) is 0 Å². The number of hydrogen-bond acceptors (Lipinski definition) is 5. The second kappa shape index (κ2) is 9.25. The highest BCUT2D eigenvalue weighted by atomic mass is 79.9. The third-order valence-corrected chi connectivity index (χ3v) is 5.76. The van der Waals surface area contributed by atoms with Crippen LogP contribution < -0.4 is 14.8 Å². The summed E-state index contributed by atoms with van der Waals surface area (Å²) in [5, 5.41) is 3.00. The highest BCUT2D eigenvalue weighted by Gasteiger charge is 2.15. The molecule has 0 bridgehead atoms. The van der Waals surface area contributed by atoms with Crippen LogP contribution in [0.15, 0.2) is 76.2 Å². The molecule has 1 heterocycles. The summed E-state index contributed by atoms with van der Waals surface area (Å²) in [5.74, 6) is 0.187. The van der Waals surface area contributed by atoms with Crippen LogP contribution in [0, 0.1) is 0 Å². The van der Waals surface area contributed by atoms with Crippen LogP contribution in [-0.2, 0) is 14.8 Å². The maximum Gasteiger partial charge on any atom is 0.263 e. The van der Waals surface area contributed by atoms with Crippen LogP contribution in [0.3, 0.4) is 0 Å². The lowest BCUT2D eigenvalue weighted by Crippen LogP contribution is -2.20. The zero-order valence-electron chi connectivity index (χ0n) is 14.8. The number of sulfonamides is 1. The Kier molecular flexibility index (Phi) is 6.73. The molecule has 0 unspecified atom stereocenters. The van der Waals surface area contributed by atoms with Gasteiger partial charge in [-0.1, -0.05) is 33.6 Å². The topological polar surface area (TPSA) is 97.4 Å². The van der Waals surface area contributed by atoms with Crippen LogP contribution in [-0.4, -0.2) is 25.9 Å². The van der Waals surface area contributed by atoms with Crippen LogP contribution in [0.2, 0.25) is 5.02 Å². The minimum absolute atomic E-state index is 0.0408. The number of aromatic nitrogens is 1. The van der Waals surface area contributed by atoms with E-state index in [-0.39, 0.29) is 17.3 Å². The van der Waals surface area contributed by atoms with Crippen LogP contribution in [0.4, 0.5) is 11.5 Å². The van der Waals surface area contributed by atoms with E-state index in [1.165, 1.54) is 30.5 Å². The van der Waals surface area contributed by atoms with Crippen molar-refractivity contribution in [3.05, 3.63) is 76.4 Å². The summed E-state index contributed by atoms with van der Waals surface area (Å²) >= 11 is 9.33. The highest BCUT2D eigenvalue weighted by molar-refractivity contribution is 9.10. The Balaban J connectivity index is 1.59. The molecule has 3 rings (SSSR count). The lowest BCUT2D eigenvalue weighted by atomic mass is 10.3. The molecule has 0 fully saturated rings. The average Bonchev–Trinajstić information content (AvgIpc) is 2.68. The molecular weight excluding hydrogens is 482 g/mol. The minimum atomic E-state index is -3.78. The first-order chi connectivity index (χ1) is 13.8. The van der Waals surface area contributed by atoms with Gasteiger partial charge in [0.2, 0.25) is 0 Å². The number of carbonyl (C=O) groups is 1. The number of nitrogens with zero attached hydrogens (tertiary/aromatic N) is 1. The van der Waals surface area contributed by atoms with E-state index < -0.39 is 15.9 Å². The van der Waals surface area contributed by atoms with Gasteiger partial charge in [-0.05, 0) is 54.6 Å². The van der Waals surface area contributed by atoms with Gasteiger partial charge < -0.3 is 10.1 Å².